The third-order valence-corrected chi connectivity index (χ3v) is 3.97. The Hall–Kier alpha value is -2.02. The number of nitrogens with one attached hydrogen (secondary N) is 3. The van der Waals surface area contributed by atoms with Crippen molar-refractivity contribution in [2.75, 3.05) is 7.05 Å². The largest absolute Gasteiger partial charge is 0.341 e. The van der Waals surface area contributed by atoms with E-state index in [1.54, 1.807) is 32.0 Å². The number of rotatable bonds is 2. The summed E-state index contributed by atoms with van der Waals surface area (Å²) in [6.45, 7) is 3.53. The van der Waals surface area contributed by atoms with E-state index in [4.69, 9.17) is 0 Å². The predicted molar refractivity (Wildman–Crippen MR) is 75.4 cm³/mol. The minimum absolute atomic E-state index is 0.307. The van der Waals surface area contributed by atoms with E-state index < -0.39 is 11.3 Å². The van der Waals surface area contributed by atoms with E-state index in [0.717, 1.165) is 11.9 Å². The number of fused-ring (bicyclic) bond motifs is 1. The van der Waals surface area contributed by atoms with Crippen LogP contribution in [-0.4, -0.2) is 24.9 Å². The summed E-state index contributed by atoms with van der Waals surface area (Å²) >= 11 is 1.10. The van der Waals surface area contributed by atoms with Crippen LogP contribution in [0.5, 0.6) is 0 Å². The Kier molecular flexibility index (Phi) is 3.71. The lowest BCUT2D eigenvalue weighted by Gasteiger charge is -2.30. The first-order valence-electron chi connectivity index (χ1n) is 6.01. The first-order valence-corrected chi connectivity index (χ1v) is 6.83. The van der Waals surface area contributed by atoms with Gasteiger partial charge in [-0.25, -0.2) is 4.79 Å². The van der Waals surface area contributed by atoms with Crippen LogP contribution >= 0.6 is 11.9 Å². The molecule has 1 heterocycles. The molecule has 0 spiro atoms. The number of carbonyl (C=O) groups is 3. The fourth-order valence-electron chi connectivity index (χ4n) is 1.93. The van der Waals surface area contributed by atoms with Crippen LogP contribution in [0, 0.1) is 0 Å². The Labute approximate surface area is 120 Å². The highest BCUT2D eigenvalue weighted by Crippen LogP contribution is 2.32. The first-order chi connectivity index (χ1) is 9.36. The van der Waals surface area contributed by atoms with Crippen molar-refractivity contribution in [2.24, 2.45) is 0 Å². The fraction of sp³-hybridized carbons (Fsp3) is 0.308. The van der Waals surface area contributed by atoms with Crippen LogP contribution in [0.4, 0.5) is 4.79 Å². The highest BCUT2D eigenvalue weighted by Gasteiger charge is 2.39. The summed E-state index contributed by atoms with van der Waals surface area (Å²) in [4.78, 5) is 35.5. The monoisotopic (exact) mass is 293 g/mol. The predicted octanol–water partition coefficient (Wildman–Crippen LogP) is 1.17. The molecule has 0 fully saturated rings. The summed E-state index contributed by atoms with van der Waals surface area (Å²) in [5.74, 6) is -0.717. The third kappa shape index (κ3) is 2.49. The van der Waals surface area contributed by atoms with E-state index in [1.165, 1.54) is 7.05 Å². The molecule has 7 heteroatoms. The molecule has 1 aromatic carbocycles. The summed E-state index contributed by atoms with van der Waals surface area (Å²) < 4.78 is 2.57. The average Bonchev–Trinajstić information content (AvgIpc) is 2.42. The van der Waals surface area contributed by atoms with Gasteiger partial charge < -0.3 is 5.32 Å². The van der Waals surface area contributed by atoms with Gasteiger partial charge in [-0.05, 0) is 43.5 Å². The van der Waals surface area contributed by atoms with Crippen molar-refractivity contribution in [2.45, 2.75) is 24.2 Å². The van der Waals surface area contributed by atoms with Gasteiger partial charge in [0.15, 0.2) is 0 Å². The van der Waals surface area contributed by atoms with Gasteiger partial charge in [-0.15, -0.1) is 0 Å². The molecule has 0 atom stereocenters. The minimum atomic E-state index is -0.749. The first kappa shape index (κ1) is 14.4. The van der Waals surface area contributed by atoms with Gasteiger partial charge in [0.25, 0.3) is 5.91 Å². The molecule has 0 aliphatic carbocycles. The molecule has 0 unspecified atom stereocenters. The number of urea groups is 1. The number of hydrogen-bond acceptors (Lipinski definition) is 4. The van der Waals surface area contributed by atoms with Crippen molar-refractivity contribution in [1.82, 2.24) is 15.4 Å². The van der Waals surface area contributed by atoms with Crippen LogP contribution < -0.4 is 15.4 Å². The summed E-state index contributed by atoms with van der Waals surface area (Å²) in [7, 11) is 1.52. The zero-order valence-corrected chi connectivity index (χ0v) is 12.2. The standard InChI is InChI=1S/C13H15N3O3S/c1-13(2)9-5-4-7(20-16-12(19)14-3)6-8(9)10(17)15-11(13)18/h4-6H,1-3H3,(H2,14,16,19)(H,15,17,18). The lowest BCUT2D eigenvalue weighted by Crippen LogP contribution is -2.48. The molecule has 0 bridgehead atoms. The molecule has 4 amide bonds. The number of imide groups is 1. The van der Waals surface area contributed by atoms with Crippen molar-refractivity contribution in [3.05, 3.63) is 29.3 Å². The van der Waals surface area contributed by atoms with E-state index in [-0.39, 0.29) is 11.9 Å². The van der Waals surface area contributed by atoms with Crippen LogP contribution in [0.3, 0.4) is 0 Å². The number of amides is 4. The molecule has 106 valence electrons. The number of hydrogen-bond donors (Lipinski definition) is 3. The maximum atomic E-state index is 11.9. The quantitative estimate of drug-likeness (QED) is 0.564. The van der Waals surface area contributed by atoms with Gasteiger partial charge in [-0.1, -0.05) is 6.07 Å². The van der Waals surface area contributed by atoms with Gasteiger partial charge in [0.05, 0.1) is 5.41 Å². The van der Waals surface area contributed by atoms with E-state index >= 15 is 0 Å². The number of benzene rings is 1. The molecule has 20 heavy (non-hydrogen) atoms. The summed E-state index contributed by atoms with van der Waals surface area (Å²) in [6.07, 6.45) is 0. The van der Waals surface area contributed by atoms with E-state index in [9.17, 15) is 14.4 Å². The molecule has 6 nitrogen and oxygen atoms in total. The Balaban J connectivity index is 2.31. The second-order valence-electron chi connectivity index (χ2n) is 4.90. The van der Waals surface area contributed by atoms with Gasteiger partial charge >= 0.3 is 6.03 Å². The van der Waals surface area contributed by atoms with Gasteiger partial charge in [-0.3, -0.25) is 19.6 Å². The Morgan fingerprint density at radius 3 is 2.65 bits per heavy atom. The normalized spacial score (nSPS) is 16.1. The smallest absolute Gasteiger partial charge is 0.324 e. The zero-order chi connectivity index (χ0) is 14.9. The maximum Gasteiger partial charge on any atom is 0.324 e. The fourth-order valence-corrected chi connectivity index (χ4v) is 2.55. The van der Waals surface area contributed by atoms with Gasteiger partial charge in [0, 0.05) is 17.5 Å². The van der Waals surface area contributed by atoms with Crippen molar-refractivity contribution in [3.8, 4) is 0 Å². The highest BCUT2D eigenvalue weighted by atomic mass is 32.2. The molecule has 3 N–H and O–H groups in total. The SMILES string of the molecule is CNC(=O)NSc1ccc2c(c1)C(=O)NC(=O)C2(C)C. The topological polar surface area (TPSA) is 87.3 Å². The molecule has 1 aliphatic heterocycles. The molecule has 0 saturated heterocycles. The molecule has 0 radical (unpaired) electrons. The Morgan fingerprint density at radius 1 is 1.30 bits per heavy atom. The van der Waals surface area contributed by atoms with Crippen LogP contribution in [0.2, 0.25) is 0 Å². The molecule has 0 saturated carbocycles. The lowest BCUT2D eigenvalue weighted by molar-refractivity contribution is -0.125. The van der Waals surface area contributed by atoms with Crippen molar-refractivity contribution in [3.63, 3.8) is 0 Å². The van der Waals surface area contributed by atoms with Crippen molar-refractivity contribution >= 4 is 29.8 Å². The highest BCUT2D eigenvalue weighted by molar-refractivity contribution is 7.98. The summed E-state index contributed by atoms with van der Waals surface area (Å²) in [5, 5.41) is 4.77. The molecule has 0 aromatic heterocycles. The minimum Gasteiger partial charge on any atom is -0.341 e. The van der Waals surface area contributed by atoms with Crippen LogP contribution in [0.25, 0.3) is 0 Å². The Morgan fingerprint density at radius 2 is 2.00 bits per heavy atom. The third-order valence-electron chi connectivity index (χ3n) is 3.19. The van der Waals surface area contributed by atoms with Gasteiger partial charge in [0.2, 0.25) is 5.91 Å². The maximum absolute atomic E-state index is 11.9. The molecular formula is C13H15N3O3S. The summed E-state index contributed by atoms with van der Waals surface area (Å²) in [6, 6.07) is 4.86. The molecular weight excluding hydrogens is 278 g/mol. The molecule has 2 rings (SSSR count). The molecule has 1 aliphatic rings. The number of carbonyl (C=O) groups excluding carboxylic acids is 3. The second-order valence-corrected chi connectivity index (χ2v) is 5.78. The van der Waals surface area contributed by atoms with Gasteiger partial charge in [0.1, 0.15) is 0 Å². The molecule has 1 aromatic rings. The van der Waals surface area contributed by atoms with E-state index in [0.29, 0.717) is 16.0 Å². The second kappa shape index (κ2) is 5.16. The van der Waals surface area contributed by atoms with E-state index in [2.05, 4.69) is 15.4 Å². The van der Waals surface area contributed by atoms with E-state index in [1.807, 2.05) is 0 Å². The van der Waals surface area contributed by atoms with Crippen LogP contribution in [0.15, 0.2) is 23.1 Å². The van der Waals surface area contributed by atoms with Gasteiger partial charge in [-0.2, -0.15) is 0 Å². The average molecular weight is 293 g/mol. The van der Waals surface area contributed by atoms with Crippen LogP contribution in [0.1, 0.15) is 29.8 Å². The zero-order valence-electron chi connectivity index (χ0n) is 11.4. The lowest BCUT2D eigenvalue weighted by atomic mass is 9.78. The Bertz CT molecular complexity index is 599. The summed E-state index contributed by atoms with van der Waals surface area (Å²) in [5.41, 5.74) is 0.398. The van der Waals surface area contributed by atoms with Crippen molar-refractivity contribution in [1.29, 1.82) is 0 Å². The van der Waals surface area contributed by atoms with Crippen LogP contribution in [-0.2, 0) is 10.2 Å². The van der Waals surface area contributed by atoms with Crippen molar-refractivity contribution < 1.29 is 14.4 Å².